The van der Waals surface area contributed by atoms with Crippen molar-refractivity contribution in [1.29, 1.82) is 0 Å². The molecular weight excluding hydrogens is 602 g/mol. The first-order chi connectivity index (χ1) is 20.0. The first-order valence-corrected chi connectivity index (χ1v) is 16.2. The lowest BCUT2D eigenvalue weighted by atomic mass is 9.59. The topological polar surface area (TPSA) is 98.8 Å². The third-order valence-electron chi connectivity index (χ3n) is 8.62. The van der Waals surface area contributed by atoms with Crippen molar-refractivity contribution in [3.05, 3.63) is 98.8 Å². The van der Waals surface area contributed by atoms with Gasteiger partial charge in [0.2, 0.25) is 21.8 Å². The summed E-state index contributed by atoms with van der Waals surface area (Å²) in [7, 11) is -3.30. The molecule has 0 radical (unpaired) electrons. The molecule has 2 N–H and O–H groups in total. The Morgan fingerprint density at radius 3 is 2.43 bits per heavy atom. The summed E-state index contributed by atoms with van der Waals surface area (Å²) in [5.74, 6) is -1.72. The normalized spacial score (nSPS) is 24.9. The van der Waals surface area contributed by atoms with Gasteiger partial charge in [0.05, 0.1) is 12.3 Å². The molecule has 42 heavy (non-hydrogen) atoms. The van der Waals surface area contributed by atoms with E-state index in [-0.39, 0.29) is 18.2 Å². The molecule has 6 rings (SSSR count). The molecule has 2 saturated heterocycles. The largest absolute Gasteiger partial charge is 0.348 e. The minimum absolute atomic E-state index is 0.0183. The molecule has 220 valence electrons. The number of hydrogen-bond acceptors (Lipinski definition) is 5. The van der Waals surface area contributed by atoms with Crippen LogP contribution in [-0.4, -0.2) is 61.9 Å². The fraction of sp³-hybridized carbons (Fsp3) is 0.333. The van der Waals surface area contributed by atoms with Crippen molar-refractivity contribution in [3.8, 4) is 0 Å². The van der Waals surface area contributed by atoms with Gasteiger partial charge in [-0.1, -0.05) is 47.5 Å². The van der Waals surface area contributed by atoms with Gasteiger partial charge in [-0.2, -0.15) is 4.31 Å². The highest BCUT2D eigenvalue weighted by molar-refractivity contribution is 7.88. The van der Waals surface area contributed by atoms with Gasteiger partial charge in [-0.25, -0.2) is 12.8 Å². The number of carbonyl (C=O) groups excluding carboxylic acids is 2. The average molecular weight is 632 g/mol. The van der Waals surface area contributed by atoms with Gasteiger partial charge in [-0.15, -0.1) is 0 Å². The molecule has 2 fully saturated rings. The first-order valence-electron chi connectivity index (χ1n) is 13.6. The van der Waals surface area contributed by atoms with Crippen molar-refractivity contribution in [2.45, 2.75) is 30.3 Å². The van der Waals surface area contributed by atoms with Crippen molar-refractivity contribution < 1.29 is 22.4 Å². The molecule has 3 aliphatic heterocycles. The minimum Gasteiger partial charge on any atom is -0.348 e. The summed E-state index contributed by atoms with van der Waals surface area (Å²) in [6.45, 7) is 2.03. The van der Waals surface area contributed by atoms with Crippen molar-refractivity contribution in [3.63, 3.8) is 0 Å². The van der Waals surface area contributed by atoms with E-state index in [4.69, 9.17) is 23.2 Å². The van der Waals surface area contributed by atoms with Crippen molar-refractivity contribution in [1.82, 2.24) is 14.5 Å². The van der Waals surface area contributed by atoms with Crippen LogP contribution in [0, 0.1) is 5.82 Å². The number of carbonyl (C=O) groups is 2. The van der Waals surface area contributed by atoms with Gasteiger partial charge in [0.25, 0.3) is 0 Å². The van der Waals surface area contributed by atoms with Crippen LogP contribution in [0.4, 0.5) is 10.1 Å². The third-order valence-corrected chi connectivity index (χ3v) is 10.4. The first kappa shape index (κ1) is 29.1. The Morgan fingerprint density at radius 2 is 1.71 bits per heavy atom. The monoisotopic (exact) mass is 630 g/mol. The molecule has 0 unspecified atom stereocenters. The summed E-state index contributed by atoms with van der Waals surface area (Å²) in [5.41, 5.74) is 1.79. The van der Waals surface area contributed by atoms with Gasteiger partial charge >= 0.3 is 0 Å². The highest BCUT2D eigenvalue weighted by Gasteiger charge is 2.61. The predicted octanol–water partition coefficient (Wildman–Crippen LogP) is 4.44. The number of amides is 2. The molecule has 8 nitrogen and oxygen atoms in total. The number of rotatable bonds is 5. The lowest BCUT2D eigenvalue weighted by molar-refractivity contribution is -0.131. The van der Waals surface area contributed by atoms with Gasteiger partial charge in [-0.05, 0) is 58.7 Å². The zero-order chi connectivity index (χ0) is 29.8. The smallest absolute Gasteiger partial charge is 0.238 e. The maximum Gasteiger partial charge on any atom is 0.238 e. The molecule has 12 heteroatoms. The number of piperazine rings is 1. The van der Waals surface area contributed by atoms with E-state index in [2.05, 4.69) is 15.5 Å². The third kappa shape index (κ3) is 5.09. The van der Waals surface area contributed by atoms with E-state index in [0.29, 0.717) is 59.6 Å². The number of hydrogen-bond donors (Lipinski definition) is 2. The molecule has 0 aromatic heterocycles. The molecule has 0 bridgehead atoms. The van der Waals surface area contributed by atoms with Gasteiger partial charge in [0.1, 0.15) is 11.2 Å². The summed E-state index contributed by atoms with van der Waals surface area (Å²) < 4.78 is 40.5. The van der Waals surface area contributed by atoms with Crippen LogP contribution in [0.25, 0.3) is 0 Å². The second-order valence-electron chi connectivity index (χ2n) is 11.1. The van der Waals surface area contributed by atoms with Crippen molar-refractivity contribution in [2.75, 3.05) is 37.8 Å². The zero-order valence-corrected chi connectivity index (χ0v) is 25.1. The van der Waals surface area contributed by atoms with Crippen LogP contribution in [0.1, 0.15) is 40.6 Å². The molecule has 1 spiro atoms. The maximum absolute atomic E-state index is 15.0. The summed E-state index contributed by atoms with van der Waals surface area (Å²) >= 11 is 12.7. The summed E-state index contributed by atoms with van der Waals surface area (Å²) in [5, 5.41) is 6.96. The number of nitrogens with zero attached hydrogens (tertiary/aromatic N) is 2. The molecule has 0 saturated carbocycles. The Kier molecular flexibility index (Phi) is 7.55. The fourth-order valence-electron chi connectivity index (χ4n) is 6.71. The summed E-state index contributed by atoms with van der Waals surface area (Å²) in [4.78, 5) is 29.8. The predicted molar refractivity (Wildman–Crippen MR) is 160 cm³/mol. The number of benzene rings is 3. The highest BCUT2D eigenvalue weighted by Crippen LogP contribution is 2.58. The van der Waals surface area contributed by atoms with Crippen LogP contribution in [0.5, 0.6) is 0 Å². The van der Waals surface area contributed by atoms with Crippen LogP contribution < -0.4 is 10.6 Å². The van der Waals surface area contributed by atoms with E-state index in [1.54, 1.807) is 42.5 Å². The van der Waals surface area contributed by atoms with Crippen LogP contribution in [0.15, 0.2) is 60.7 Å². The summed E-state index contributed by atoms with van der Waals surface area (Å²) in [6.07, 6.45) is 1.21. The number of halogens is 3. The number of fused-ring (bicyclic) bond motifs is 2. The Balaban J connectivity index is 1.49. The number of sulfonamides is 1. The number of piperidine rings is 1. The Labute approximate surface area is 253 Å². The van der Waals surface area contributed by atoms with Crippen LogP contribution in [0.2, 0.25) is 10.0 Å². The molecule has 0 aliphatic carbocycles. The lowest BCUT2D eigenvalue weighted by Gasteiger charge is -2.47. The lowest BCUT2D eigenvalue weighted by Crippen LogP contribution is -2.57. The minimum atomic E-state index is -3.30. The van der Waals surface area contributed by atoms with E-state index in [1.807, 2.05) is 6.07 Å². The van der Waals surface area contributed by atoms with Gasteiger partial charge in [-0.3, -0.25) is 14.5 Å². The average Bonchev–Trinajstić information content (AvgIpc) is 3.21. The van der Waals surface area contributed by atoms with E-state index < -0.39 is 33.2 Å². The Hall–Kier alpha value is -3.02. The zero-order valence-electron chi connectivity index (χ0n) is 22.7. The van der Waals surface area contributed by atoms with E-state index in [1.165, 1.54) is 22.7 Å². The molecule has 3 aromatic rings. The van der Waals surface area contributed by atoms with E-state index in [0.717, 1.165) is 11.1 Å². The molecule has 3 aromatic carbocycles. The van der Waals surface area contributed by atoms with Crippen LogP contribution >= 0.6 is 23.2 Å². The number of anilines is 1. The van der Waals surface area contributed by atoms with Crippen molar-refractivity contribution >= 4 is 50.7 Å². The summed E-state index contributed by atoms with van der Waals surface area (Å²) in [6, 6.07) is 15.8. The highest BCUT2D eigenvalue weighted by atomic mass is 35.5. The molecule has 3 aliphatic rings. The van der Waals surface area contributed by atoms with E-state index in [9.17, 15) is 18.0 Å². The SMILES string of the molecule is CS(=O)(=O)N1CCN(Cc2ccc(F)cc2[C@H]2NC(=O)C[C@@H](c3cccc(Cl)c3)[C@]23C(=O)Nc2cc(Cl)ccc23)CC1. The van der Waals surface area contributed by atoms with Gasteiger partial charge in [0, 0.05) is 60.8 Å². The van der Waals surface area contributed by atoms with Gasteiger partial charge in [0.15, 0.2) is 0 Å². The second-order valence-corrected chi connectivity index (χ2v) is 14.0. The second kappa shape index (κ2) is 10.9. The van der Waals surface area contributed by atoms with E-state index >= 15 is 4.39 Å². The molecular formula is C30H29Cl2FN4O4S. The quantitative estimate of drug-likeness (QED) is 0.434. The van der Waals surface area contributed by atoms with Crippen LogP contribution in [0.3, 0.4) is 0 Å². The molecule has 3 heterocycles. The molecule has 3 atom stereocenters. The fourth-order valence-corrected chi connectivity index (χ4v) is 7.91. The van der Waals surface area contributed by atoms with Gasteiger partial charge < -0.3 is 10.6 Å². The standard InChI is InChI=1S/C30H29Cl2FN4O4S/c1-42(40,41)37-11-9-36(10-12-37)17-19-5-7-22(33)15-23(19)28-30(24-8-6-21(32)14-26(24)34-29(30)39)25(16-27(38)35-28)18-3-2-4-20(31)13-18/h2-8,13-15,25,28H,9-12,16-17H2,1H3,(H,34,39)(H,35,38)/t25-,28+,30-/m0/s1. The molecule has 2 amide bonds. The van der Waals surface area contributed by atoms with Crippen LogP contribution in [-0.2, 0) is 31.6 Å². The Morgan fingerprint density at radius 1 is 0.976 bits per heavy atom. The Bertz CT molecular complexity index is 1700. The maximum atomic E-state index is 15.0. The number of nitrogens with one attached hydrogen (secondary N) is 2. The van der Waals surface area contributed by atoms with Crippen molar-refractivity contribution in [2.24, 2.45) is 0 Å².